The highest BCUT2D eigenvalue weighted by molar-refractivity contribution is 5.87. The number of rotatable bonds is 5. The molecule has 1 atom stereocenters. The Hall–Kier alpha value is -2.05. The first-order valence-electron chi connectivity index (χ1n) is 5.88. The maximum atomic E-state index is 11.6. The van der Waals surface area contributed by atoms with Gasteiger partial charge in [0.1, 0.15) is 6.54 Å². The van der Waals surface area contributed by atoms with E-state index in [2.05, 4.69) is 10.3 Å². The maximum absolute atomic E-state index is 11.6. The Morgan fingerprint density at radius 2 is 2.05 bits per heavy atom. The summed E-state index contributed by atoms with van der Waals surface area (Å²) < 4.78 is 0. The third-order valence-corrected chi connectivity index (χ3v) is 2.87. The van der Waals surface area contributed by atoms with Gasteiger partial charge >= 0.3 is 5.97 Å². The first-order chi connectivity index (χ1) is 9.08. The molecule has 1 aromatic carbocycles. The number of carboxylic acids is 1. The Morgan fingerprint density at radius 1 is 1.35 bits per heavy atom. The molecule has 0 radical (unpaired) electrons. The van der Waals surface area contributed by atoms with Crippen LogP contribution in [0.25, 0.3) is 10.9 Å². The van der Waals surface area contributed by atoms with E-state index in [0.29, 0.717) is 6.42 Å². The van der Waals surface area contributed by atoms with Gasteiger partial charge in [-0.2, -0.15) is 0 Å². The second-order valence-electron chi connectivity index (χ2n) is 4.28. The molecule has 2 rings (SSSR count). The number of benzene rings is 1. The van der Waals surface area contributed by atoms with Crippen LogP contribution in [0.1, 0.15) is 5.56 Å². The monoisotopic (exact) mass is 297 g/mol. The normalized spacial score (nSPS) is 11.7. The molecule has 0 fully saturated rings. The van der Waals surface area contributed by atoms with Gasteiger partial charge in [-0.25, -0.2) is 0 Å². The summed E-state index contributed by atoms with van der Waals surface area (Å²) >= 11 is 0. The second kappa shape index (κ2) is 6.93. The lowest BCUT2D eigenvalue weighted by atomic mass is 10.1. The van der Waals surface area contributed by atoms with Gasteiger partial charge in [0, 0.05) is 17.1 Å². The Kier molecular flexibility index (Phi) is 5.54. The predicted molar refractivity (Wildman–Crippen MR) is 77.9 cm³/mol. The van der Waals surface area contributed by atoms with Gasteiger partial charge in [0.05, 0.1) is 6.04 Å². The molecule has 7 heteroatoms. The van der Waals surface area contributed by atoms with Crippen molar-refractivity contribution in [2.75, 3.05) is 6.54 Å². The fourth-order valence-electron chi connectivity index (χ4n) is 1.92. The summed E-state index contributed by atoms with van der Waals surface area (Å²) in [6, 6.07) is 6.95. The molecule has 0 aliphatic carbocycles. The number of para-hydroxylation sites is 1. The van der Waals surface area contributed by atoms with Crippen LogP contribution in [0.4, 0.5) is 0 Å². The highest BCUT2D eigenvalue weighted by Crippen LogP contribution is 2.18. The van der Waals surface area contributed by atoms with Crippen LogP contribution in [0.2, 0.25) is 0 Å². The average Bonchev–Trinajstić information content (AvgIpc) is 2.79. The molecule has 6 nitrogen and oxygen atoms in total. The number of halogens is 1. The molecule has 108 valence electrons. The number of fused-ring (bicyclic) bond motifs is 1. The van der Waals surface area contributed by atoms with E-state index >= 15 is 0 Å². The standard InChI is InChI=1S/C13H15N3O3.ClH/c14-10(13(19)16-7-12(17)18)5-8-6-15-11-4-2-1-3-9(8)11;/h1-4,6,10,15H,5,7,14H2,(H,16,19)(H,17,18);1H/t10-;/m0./s1. The highest BCUT2D eigenvalue weighted by Gasteiger charge is 2.16. The number of hydrogen-bond donors (Lipinski definition) is 4. The lowest BCUT2D eigenvalue weighted by Gasteiger charge is -2.10. The number of H-pyrrole nitrogens is 1. The van der Waals surface area contributed by atoms with Crippen LogP contribution in [0.15, 0.2) is 30.5 Å². The number of carbonyl (C=O) groups excluding carboxylic acids is 1. The molecule has 0 unspecified atom stereocenters. The summed E-state index contributed by atoms with van der Waals surface area (Å²) in [4.78, 5) is 25.1. The molecule has 20 heavy (non-hydrogen) atoms. The van der Waals surface area contributed by atoms with Crippen molar-refractivity contribution in [3.8, 4) is 0 Å². The van der Waals surface area contributed by atoms with Crippen molar-refractivity contribution in [3.63, 3.8) is 0 Å². The summed E-state index contributed by atoms with van der Waals surface area (Å²) in [5.41, 5.74) is 7.69. The topological polar surface area (TPSA) is 108 Å². The quantitative estimate of drug-likeness (QED) is 0.650. The van der Waals surface area contributed by atoms with Crippen molar-refractivity contribution >= 4 is 35.2 Å². The fourth-order valence-corrected chi connectivity index (χ4v) is 1.92. The van der Waals surface area contributed by atoms with E-state index < -0.39 is 24.5 Å². The third kappa shape index (κ3) is 3.72. The zero-order valence-corrected chi connectivity index (χ0v) is 11.4. The van der Waals surface area contributed by atoms with Crippen LogP contribution in [0, 0.1) is 0 Å². The molecule has 0 saturated heterocycles. The van der Waals surface area contributed by atoms with Crippen LogP contribution in [0.3, 0.4) is 0 Å². The molecule has 0 bridgehead atoms. The lowest BCUT2D eigenvalue weighted by Crippen LogP contribution is -2.43. The van der Waals surface area contributed by atoms with E-state index in [0.717, 1.165) is 16.5 Å². The van der Waals surface area contributed by atoms with Gasteiger partial charge in [-0.05, 0) is 18.1 Å². The lowest BCUT2D eigenvalue weighted by molar-refractivity contribution is -0.138. The fraction of sp³-hybridized carbons (Fsp3) is 0.231. The van der Waals surface area contributed by atoms with E-state index in [1.807, 2.05) is 30.5 Å². The molecule has 0 spiro atoms. The Bertz CT molecular complexity index is 612. The summed E-state index contributed by atoms with van der Waals surface area (Å²) in [5, 5.41) is 11.8. The van der Waals surface area contributed by atoms with Gasteiger partial charge in [0.25, 0.3) is 0 Å². The number of amides is 1. The van der Waals surface area contributed by atoms with Gasteiger partial charge < -0.3 is 21.1 Å². The van der Waals surface area contributed by atoms with E-state index in [4.69, 9.17) is 10.8 Å². The number of carbonyl (C=O) groups is 2. The minimum atomic E-state index is -1.09. The Balaban J connectivity index is 0.00000200. The smallest absolute Gasteiger partial charge is 0.322 e. The van der Waals surface area contributed by atoms with Gasteiger partial charge in [0.15, 0.2) is 0 Å². The van der Waals surface area contributed by atoms with Crippen molar-refractivity contribution < 1.29 is 14.7 Å². The zero-order valence-electron chi connectivity index (χ0n) is 10.6. The minimum Gasteiger partial charge on any atom is -0.480 e. The largest absolute Gasteiger partial charge is 0.480 e. The van der Waals surface area contributed by atoms with Crippen molar-refractivity contribution in [2.24, 2.45) is 5.73 Å². The van der Waals surface area contributed by atoms with E-state index in [-0.39, 0.29) is 12.4 Å². The van der Waals surface area contributed by atoms with Gasteiger partial charge in [-0.1, -0.05) is 18.2 Å². The molecule has 5 N–H and O–H groups in total. The zero-order chi connectivity index (χ0) is 13.8. The predicted octanol–water partition coefficient (Wildman–Crippen LogP) is 0.660. The van der Waals surface area contributed by atoms with E-state index in [1.165, 1.54) is 0 Å². The first kappa shape index (κ1) is 16.0. The third-order valence-electron chi connectivity index (χ3n) is 2.87. The van der Waals surface area contributed by atoms with Gasteiger partial charge in [-0.3, -0.25) is 9.59 Å². The summed E-state index contributed by atoms with van der Waals surface area (Å²) in [7, 11) is 0. The first-order valence-corrected chi connectivity index (χ1v) is 5.88. The van der Waals surface area contributed by atoms with Crippen molar-refractivity contribution in [2.45, 2.75) is 12.5 Å². The Labute approximate surface area is 121 Å². The van der Waals surface area contributed by atoms with Gasteiger partial charge in [0.2, 0.25) is 5.91 Å². The van der Waals surface area contributed by atoms with Crippen molar-refractivity contribution in [1.29, 1.82) is 0 Å². The highest BCUT2D eigenvalue weighted by atomic mass is 35.5. The number of aliphatic carboxylic acids is 1. The molecule has 0 saturated carbocycles. The molecule has 0 aliphatic heterocycles. The Morgan fingerprint density at radius 3 is 2.75 bits per heavy atom. The summed E-state index contributed by atoms with van der Waals surface area (Å²) in [5.74, 6) is -1.56. The average molecular weight is 298 g/mol. The molecule has 1 aromatic heterocycles. The second-order valence-corrected chi connectivity index (χ2v) is 4.28. The molecular formula is C13H16ClN3O3. The number of carboxylic acid groups (broad SMARTS) is 1. The SMILES string of the molecule is Cl.N[C@@H](Cc1c[nH]c2ccccc12)C(=O)NCC(=O)O. The van der Waals surface area contributed by atoms with Crippen LogP contribution in [-0.2, 0) is 16.0 Å². The van der Waals surface area contributed by atoms with Crippen molar-refractivity contribution in [3.05, 3.63) is 36.0 Å². The van der Waals surface area contributed by atoms with E-state index in [1.54, 1.807) is 0 Å². The minimum absolute atomic E-state index is 0. The van der Waals surface area contributed by atoms with Crippen LogP contribution in [-0.4, -0.2) is 34.6 Å². The van der Waals surface area contributed by atoms with Crippen molar-refractivity contribution in [1.82, 2.24) is 10.3 Å². The number of nitrogens with two attached hydrogens (primary N) is 1. The van der Waals surface area contributed by atoms with Crippen LogP contribution in [0.5, 0.6) is 0 Å². The molecule has 0 aliphatic rings. The molecule has 2 aromatic rings. The maximum Gasteiger partial charge on any atom is 0.322 e. The molecule has 1 amide bonds. The van der Waals surface area contributed by atoms with E-state index in [9.17, 15) is 9.59 Å². The van der Waals surface area contributed by atoms with Crippen LogP contribution < -0.4 is 11.1 Å². The van der Waals surface area contributed by atoms with Gasteiger partial charge in [-0.15, -0.1) is 12.4 Å². The summed E-state index contributed by atoms with van der Waals surface area (Å²) in [6.07, 6.45) is 2.17. The summed E-state index contributed by atoms with van der Waals surface area (Å²) in [6.45, 7) is -0.416. The number of aromatic nitrogens is 1. The number of nitrogens with one attached hydrogen (secondary N) is 2. The molecule has 1 heterocycles. The van der Waals surface area contributed by atoms with Crippen LogP contribution >= 0.6 is 12.4 Å². The molecular weight excluding hydrogens is 282 g/mol. The number of aromatic amines is 1. The number of hydrogen-bond acceptors (Lipinski definition) is 3.